The fourth-order valence-electron chi connectivity index (χ4n) is 4.90. The minimum Gasteiger partial charge on any atom is -0.491 e. The number of aliphatic hydroxyl groups is 1. The van der Waals surface area contributed by atoms with Crippen molar-refractivity contribution in [1.82, 2.24) is 14.5 Å². The minimum atomic E-state index is -0.827. The molecule has 2 aliphatic rings. The molecule has 1 unspecified atom stereocenters. The van der Waals surface area contributed by atoms with Crippen molar-refractivity contribution in [3.8, 4) is 5.75 Å². The maximum absolute atomic E-state index is 11.5. The smallest absolute Gasteiger partial charge is 0.219 e. The Labute approximate surface area is 226 Å². The van der Waals surface area contributed by atoms with E-state index in [9.17, 15) is 9.90 Å². The van der Waals surface area contributed by atoms with Crippen LogP contribution in [0, 0.1) is 0 Å². The molecule has 1 saturated carbocycles. The molecule has 1 aromatic heterocycles. The number of benzene rings is 2. The summed E-state index contributed by atoms with van der Waals surface area (Å²) < 4.78 is 14.1. The maximum atomic E-state index is 11.5. The molecule has 37 heavy (non-hydrogen) atoms. The number of hydrogen-bond donors (Lipinski definition) is 1. The van der Waals surface area contributed by atoms with Crippen molar-refractivity contribution in [3.05, 3.63) is 76.8 Å². The lowest BCUT2D eigenvalue weighted by Crippen LogP contribution is -2.48. The second-order valence-corrected chi connectivity index (χ2v) is 10.3. The third-order valence-electron chi connectivity index (χ3n) is 7.05. The highest BCUT2D eigenvalue weighted by Gasteiger charge is 2.59. The topological polar surface area (TPSA) is 80.1 Å². The van der Waals surface area contributed by atoms with Crippen LogP contribution in [0.1, 0.15) is 24.9 Å². The first kappa shape index (κ1) is 25.9. The number of carbonyl (C=O) groups is 1. The van der Waals surface area contributed by atoms with Crippen LogP contribution in [0.5, 0.6) is 5.75 Å². The second kappa shape index (κ2) is 10.9. The van der Waals surface area contributed by atoms with E-state index in [1.807, 2.05) is 46.0 Å². The Hall–Kier alpha value is -2.78. The standard InChI is InChI=1S/C27H30Cl2N4O4/c1-19(34)31-10-12-32(13-11-31)21-3-5-23(6-4-21)36-16-22(35)17-37-27(15-26(27)33-9-8-30-18-33)24-7-2-20(28)14-25(24)29/h2-9,14,18,22,26,35H,10-13,15-17H2,1H3/t22-,26?,27-/m1/s1. The molecule has 3 atom stereocenters. The van der Waals surface area contributed by atoms with Gasteiger partial charge in [0.15, 0.2) is 0 Å². The summed E-state index contributed by atoms with van der Waals surface area (Å²) >= 11 is 12.6. The number of aromatic nitrogens is 2. The van der Waals surface area contributed by atoms with Crippen LogP contribution in [0.3, 0.4) is 0 Å². The van der Waals surface area contributed by atoms with Gasteiger partial charge in [0, 0.05) is 73.2 Å². The highest BCUT2D eigenvalue weighted by molar-refractivity contribution is 6.35. The van der Waals surface area contributed by atoms with Crippen LogP contribution >= 0.6 is 23.2 Å². The van der Waals surface area contributed by atoms with Crippen LogP contribution in [0.2, 0.25) is 10.0 Å². The SMILES string of the molecule is CC(=O)N1CCN(c2ccc(OC[C@@H](O)CO[C@@]3(c4ccc(Cl)cc4Cl)CC3n3ccnc3)cc2)CC1. The summed E-state index contributed by atoms with van der Waals surface area (Å²) in [6.45, 7) is 4.84. The summed E-state index contributed by atoms with van der Waals surface area (Å²) in [5, 5.41) is 11.7. The largest absolute Gasteiger partial charge is 0.491 e. The van der Waals surface area contributed by atoms with E-state index in [2.05, 4.69) is 9.88 Å². The molecule has 2 fully saturated rings. The average molecular weight is 545 g/mol. The number of hydrogen-bond acceptors (Lipinski definition) is 6. The predicted octanol–water partition coefficient (Wildman–Crippen LogP) is 4.16. The van der Waals surface area contributed by atoms with Crippen molar-refractivity contribution in [2.45, 2.75) is 31.1 Å². The molecule has 1 aliphatic carbocycles. The van der Waals surface area contributed by atoms with E-state index in [0.29, 0.717) is 22.2 Å². The number of aliphatic hydroxyl groups excluding tert-OH is 1. The number of imidazole rings is 1. The molecule has 0 radical (unpaired) electrons. The number of halogens is 2. The highest BCUT2D eigenvalue weighted by atomic mass is 35.5. The molecule has 0 spiro atoms. The molecule has 2 aromatic carbocycles. The lowest BCUT2D eigenvalue weighted by molar-refractivity contribution is -0.129. The van der Waals surface area contributed by atoms with Crippen LogP contribution in [-0.4, -0.2) is 71.0 Å². The van der Waals surface area contributed by atoms with Crippen molar-refractivity contribution in [2.75, 3.05) is 44.3 Å². The Bertz CT molecular complexity index is 1220. The van der Waals surface area contributed by atoms with E-state index in [-0.39, 0.29) is 25.2 Å². The summed E-state index contributed by atoms with van der Waals surface area (Å²) in [6.07, 6.45) is 5.26. The number of anilines is 1. The quantitative estimate of drug-likeness (QED) is 0.435. The number of piperazine rings is 1. The van der Waals surface area contributed by atoms with Gasteiger partial charge in [-0.05, 0) is 36.4 Å². The molecule has 1 N–H and O–H groups in total. The average Bonchev–Trinajstić information content (AvgIpc) is 3.36. The van der Waals surface area contributed by atoms with Gasteiger partial charge < -0.3 is 28.9 Å². The maximum Gasteiger partial charge on any atom is 0.219 e. The number of carbonyl (C=O) groups excluding carboxylic acids is 1. The monoisotopic (exact) mass is 544 g/mol. The van der Waals surface area contributed by atoms with Crippen LogP contribution in [-0.2, 0) is 15.1 Å². The molecule has 5 rings (SSSR count). The van der Waals surface area contributed by atoms with Crippen LogP contribution in [0.25, 0.3) is 0 Å². The molecule has 3 aromatic rings. The van der Waals surface area contributed by atoms with Crippen molar-refractivity contribution >= 4 is 34.8 Å². The van der Waals surface area contributed by atoms with E-state index in [4.69, 9.17) is 32.7 Å². The molecule has 8 nitrogen and oxygen atoms in total. The molecule has 2 heterocycles. The fraction of sp³-hybridized carbons (Fsp3) is 0.407. The van der Waals surface area contributed by atoms with Gasteiger partial charge in [0.05, 0.1) is 19.0 Å². The fourth-order valence-corrected chi connectivity index (χ4v) is 5.47. The first-order chi connectivity index (χ1) is 17.9. The Kier molecular flexibility index (Phi) is 7.62. The highest BCUT2D eigenvalue weighted by Crippen LogP contribution is 2.60. The molecule has 1 amide bonds. The lowest BCUT2D eigenvalue weighted by Gasteiger charge is -2.35. The van der Waals surface area contributed by atoms with Gasteiger partial charge in [-0.25, -0.2) is 4.98 Å². The van der Waals surface area contributed by atoms with Crippen LogP contribution < -0.4 is 9.64 Å². The van der Waals surface area contributed by atoms with Gasteiger partial charge in [-0.2, -0.15) is 0 Å². The van der Waals surface area contributed by atoms with Crippen molar-refractivity contribution in [2.24, 2.45) is 0 Å². The van der Waals surface area contributed by atoms with E-state index >= 15 is 0 Å². The van der Waals surface area contributed by atoms with Gasteiger partial charge in [-0.1, -0.05) is 29.3 Å². The van der Waals surface area contributed by atoms with Crippen molar-refractivity contribution in [1.29, 1.82) is 0 Å². The van der Waals surface area contributed by atoms with Crippen molar-refractivity contribution < 1.29 is 19.4 Å². The van der Waals surface area contributed by atoms with Gasteiger partial charge in [-0.3, -0.25) is 4.79 Å². The van der Waals surface area contributed by atoms with E-state index in [0.717, 1.165) is 37.4 Å². The van der Waals surface area contributed by atoms with E-state index in [1.54, 1.807) is 31.6 Å². The Balaban J connectivity index is 1.16. The third kappa shape index (κ3) is 5.72. The minimum absolute atomic E-state index is 0.0200. The summed E-state index contributed by atoms with van der Waals surface area (Å²) in [7, 11) is 0. The van der Waals surface area contributed by atoms with E-state index < -0.39 is 11.7 Å². The van der Waals surface area contributed by atoms with Gasteiger partial charge >= 0.3 is 0 Å². The predicted molar refractivity (Wildman–Crippen MR) is 142 cm³/mol. The molecule has 196 valence electrons. The summed E-state index contributed by atoms with van der Waals surface area (Å²) in [5.74, 6) is 0.787. The molecule has 1 aliphatic heterocycles. The zero-order valence-corrected chi connectivity index (χ0v) is 22.1. The Morgan fingerprint density at radius 3 is 2.54 bits per heavy atom. The molecule has 10 heteroatoms. The molecular weight excluding hydrogens is 515 g/mol. The Morgan fingerprint density at radius 1 is 1.14 bits per heavy atom. The zero-order chi connectivity index (χ0) is 26.0. The molecule has 0 bridgehead atoms. The van der Waals surface area contributed by atoms with E-state index in [1.165, 1.54) is 0 Å². The third-order valence-corrected chi connectivity index (χ3v) is 7.60. The first-order valence-corrected chi connectivity index (χ1v) is 13.1. The normalized spacial score (nSPS) is 22.1. The second-order valence-electron chi connectivity index (χ2n) is 9.51. The van der Waals surface area contributed by atoms with Gasteiger partial charge in [0.2, 0.25) is 5.91 Å². The molecule has 1 saturated heterocycles. The number of rotatable bonds is 9. The summed E-state index contributed by atoms with van der Waals surface area (Å²) in [5.41, 5.74) is 1.25. The number of amides is 1. The molecular formula is C27H30Cl2N4O4. The zero-order valence-electron chi connectivity index (χ0n) is 20.6. The number of nitrogens with zero attached hydrogens (tertiary/aromatic N) is 4. The number of ether oxygens (including phenoxy) is 2. The van der Waals surface area contributed by atoms with Gasteiger partial charge in [-0.15, -0.1) is 0 Å². The van der Waals surface area contributed by atoms with Gasteiger partial charge in [0.25, 0.3) is 0 Å². The van der Waals surface area contributed by atoms with Crippen LogP contribution in [0.4, 0.5) is 5.69 Å². The van der Waals surface area contributed by atoms with Crippen LogP contribution in [0.15, 0.2) is 61.2 Å². The van der Waals surface area contributed by atoms with Gasteiger partial charge in [0.1, 0.15) is 24.1 Å². The summed E-state index contributed by atoms with van der Waals surface area (Å²) in [6, 6.07) is 13.2. The Morgan fingerprint density at radius 2 is 1.89 bits per heavy atom. The summed E-state index contributed by atoms with van der Waals surface area (Å²) in [4.78, 5) is 19.8. The van der Waals surface area contributed by atoms with Crippen molar-refractivity contribution in [3.63, 3.8) is 0 Å². The lowest BCUT2D eigenvalue weighted by atomic mass is 10.1. The first-order valence-electron chi connectivity index (χ1n) is 12.3.